The van der Waals surface area contributed by atoms with Crippen LogP contribution in [0.15, 0.2) is 43.0 Å². The lowest BCUT2D eigenvalue weighted by atomic mass is 10.0. The molecule has 0 aromatic heterocycles. The fourth-order valence-electron chi connectivity index (χ4n) is 3.05. The van der Waals surface area contributed by atoms with E-state index in [1.165, 1.54) is 0 Å². The van der Waals surface area contributed by atoms with E-state index < -0.39 is 12.8 Å². The van der Waals surface area contributed by atoms with Crippen LogP contribution in [-0.4, -0.2) is 51.0 Å². The van der Waals surface area contributed by atoms with Gasteiger partial charge >= 0.3 is 5.97 Å². The first-order valence-corrected chi connectivity index (χ1v) is 12.3. The molecule has 2 rings (SSSR count). The number of hydrogen-bond acceptors (Lipinski definition) is 7. The van der Waals surface area contributed by atoms with Gasteiger partial charge in [-0.3, -0.25) is 0 Å². The molecule has 8 heteroatoms. The van der Waals surface area contributed by atoms with Gasteiger partial charge < -0.3 is 23.3 Å². The molecule has 1 fully saturated rings. The van der Waals surface area contributed by atoms with Gasteiger partial charge in [-0.05, 0) is 37.8 Å². The summed E-state index contributed by atoms with van der Waals surface area (Å²) in [5.41, 5.74) is 0.505. The Bertz CT molecular complexity index is 658. The molecule has 1 saturated heterocycles. The summed E-state index contributed by atoms with van der Waals surface area (Å²) < 4.78 is 28.7. The molecule has 0 bridgehead atoms. The zero-order chi connectivity index (χ0) is 20.4. The van der Waals surface area contributed by atoms with E-state index in [0.717, 1.165) is 0 Å². The molecule has 1 aliphatic rings. The number of esters is 1. The van der Waals surface area contributed by atoms with Gasteiger partial charge in [-0.1, -0.05) is 24.3 Å². The van der Waals surface area contributed by atoms with Gasteiger partial charge in [0.2, 0.25) is 0 Å². The monoisotopic (exact) mass is 428 g/mol. The van der Waals surface area contributed by atoms with Crippen LogP contribution in [0.3, 0.4) is 0 Å². The van der Waals surface area contributed by atoms with Crippen LogP contribution in [0.25, 0.3) is 0 Å². The maximum absolute atomic E-state index is 12.3. The first-order chi connectivity index (χ1) is 13.5. The van der Waals surface area contributed by atoms with E-state index in [4.69, 9.17) is 35.1 Å². The minimum Gasteiger partial charge on any atom is -0.459 e. The standard InChI is InChI=1S/C20H29O6PS/c1-4-12-22-19-13-17(15-27(28,24-5-2)25-6-3)18(26-19)14-23-20(21)16-10-8-7-9-11-16/h4,7-11,17-19H,1,5-6,12-15H2,2-3H3/t17-,18-,19-/m1/s1. The van der Waals surface area contributed by atoms with Gasteiger partial charge in [0.15, 0.2) is 12.8 Å². The molecule has 6 nitrogen and oxygen atoms in total. The van der Waals surface area contributed by atoms with E-state index >= 15 is 0 Å². The smallest absolute Gasteiger partial charge is 0.338 e. The summed E-state index contributed by atoms with van der Waals surface area (Å²) >= 11 is 5.67. The molecule has 1 aromatic rings. The highest BCUT2D eigenvalue weighted by molar-refractivity contribution is 8.09. The van der Waals surface area contributed by atoms with Crippen molar-refractivity contribution in [1.29, 1.82) is 0 Å². The second-order valence-corrected chi connectivity index (χ2v) is 10.1. The Hall–Kier alpha value is -1.08. The van der Waals surface area contributed by atoms with Crippen LogP contribution in [0.2, 0.25) is 0 Å². The molecular weight excluding hydrogens is 399 g/mol. The van der Waals surface area contributed by atoms with E-state index in [9.17, 15) is 4.79 Å². The van der Waals surface area contributed by atoms with Gasteiger partial charge in [-0.2, -0.15) is 0 Å². The minimum absolute atomic E-state index is 0.0160. The molecule has 0 N–H and O–H groups in total. The van der Waals surface area contributed by atoms with Crippen LogP contribution in [0, 0.1) is 5.92 Å². The predicted molar refractivity (Wildman–Crippen MR) is 112 cm³/mol. The summed E-state index contributed by atoms with van der Waals surface area (Å²) in [7, 11) is 0. The van der Waals surface area contributed by atoms with Gasteiger partial charge in [0.1, 0.15) is 6.61 Å². The summed E-state index contributed by atoms with van der Waals surface area (Å²) in [5.74, 6) is -0.366. The molecule has 1 aromatic carbocycles. The van der Waals surface area contributed by atoms with Crippen molar-refractivity contribution in [2.45, 2.75) is 32.7 Å². The second kappa shape index (κ2) is 11.8. The molecular formula is C20H29O6PS. The molecule has 1 heterocycles. The summed E-state index contributed by atoms with van der Waals surface area (Å²) in [4.78, 5) is 12.3. The quantitative estimate of drug-likeness (QED) is 0.281. The zero-order valence-corrected chi connectivity index (χ0v) is 18.2. The number of benzene rings is 1. The third-order valence-corrected chi connectivity index (χ3v) is 7.54. The van der Waals surface area contributed by atoms with Crippen molar-refractivity contribution < 1.29 is 28.1 Å². The van der Waals surface area contributed by atoms with E-state index in [0.29, 0.717) is 38.0 Å². The number of carbonyl (C=O) groups is 1. The maximum atomic E-state index is 12.3. The fraction of sp³-hybridized carbons (Fsp3) is 0.550. The van der Waals surface area contributed by atoms with Crippen LogP contribution < -0.4 is 0 Å². The molecule has 28 heavy (non-hydrogen) atoms. The Morgan fingerprint density at radius 1 is 1.29 bits per heavy atom. The lowest BCUT2D eigenvalue weighted by Gasteiger charge is -2.26. The van der Waals surface area contributed by atoms with Crippen molar-refractivity contribution in [3.63, 3.8) is 0 Å². The average molecular weight is 428 g/mol. The fourth-order valence-corrected chi connectivity index (χ4v) is 6.29. The molecule has 0 spiro atoms. The summed E-state index contributed by atoms with van der Waals surface area (Å²) in [5, 5.41) is 0. The van der Waals surface area contributed by atoms with Crippen LogP contribution >= 0.6 is 6.49 Å². The first-order valence-electron chi connectivity index (χ1n) is 9.49. The van der Waals surface area contributed by atoms with Crippen LogP contribution in [0.1, 0.15) is 30.6 Å². The molecule has 0 unspecified atom stereocenters. The molecule has 3 atom stereocenters. The van der Waals surface area contributed by atoms with Crippen molar-refractivity contribution in [2.75, 3.05) is 32.6 Å². The average Bonchev–Trinajstić information content (AvgIpc) is 3.06. The van der Waals surface area contributed by atoms with Gasteiger partial charge in [0.25, 0.3) is 0 Å². The molecule has 0 saturated carbocycles. The Morgan fingerprint density at radius 2 is 1.96 bits per heavy atom. The Morgan fingerprint density at radius 3 is 2.57 bits per heavy atom. The largest absolute Gasteiger partial charge is 0.459 e. The lowest BCUT2D eigenvalue weighted by Crippen LogP contribution is -2.27. The Balaban J connectivity index is 2.03. The van der Waals surface area contributed by atoms with E-state index in [1.807, 2.05) is 19.9 Å². The highest BCUT2D eigenvalue weighted by atomic mass is 32.5. The summed E-state index contributed by atoms with van der Waals surface area (Å²) in [6, 6.07) is 8.88. The van der Waals surface area contributed by atoms with Gasteiger partial charge in [0.05, 0.1) is 31.5 Å². The highest BCUT2D eigenvalue weighted by Crippen LogP contribution is 2.52. The summed E-state index contributed by atoms with van der Waals surface area (Å²) in [6.07, 6.45) is 2.14. The van der Waals surface area contributed by atoms with Crippen LogP contribution in [0.5, 0.6) is 0 Å². The van der Waals surface area contributed by atoms with E-state index in [2.05, 4.69) is 6.58 Å². The summed E-state index contributed by atoms with van der Waals surface area (Å²) in [6.45, 7) is 6.54. The first kappa shape index (κ1) is 23.2. The van der Waals surface area contributed by atoms with Gasteiger partial charge in [0, 0.05) is 18.5 Å². The van der Waals surface area contributed by atoms with E-state index in [1.54, 1.807) is 30.3 Å². The third-order valence-electron chi connectivity index (χ3n) is 4.25. The second-order valence-electron chi connectivity index (χ2n) is 6.32. The van der Waals surface area contributed by atoms with Crippen molar-refractivity contribution >= 4 is 24.3 Å². The number of rotatable bonds is 12. The molecule has 1 aliphatic heterocycles. The van der Waals surface area contributed by atoms with Crippen molar-refractivity contribution in [2.24, 2.45) is 5.92 Å². The topological polar surface area (TPSA) is 63.2 Å². The van der Waals surface area contributed by atoms with Crippen LogP contribution in [0.4, 0.5) is 0 Å². The number of hydrogen-bond donors (Lipinski definition) is 0. The number of ether oxygens (including phenoxy) is 3. The molecule has 0 radical (unpaired) electrons. The van der Waals surface area contributed by atoms with Crippen molar-refractivity contribution in [3.05, 3.63) is 48.6 Å². The Labute approximate surface area is 172 Å². The van der Waals surface area contributed by atoms with Crippen molar-refractivity contribution in [1.82, 2.24) is 0 Å². The SMILES string of the molecule is C=CCO[C@H]1C[C@H](CP(=S)(OCC)OCC)[C@@H](COC(=O)c2ccccc2)O1. The molecule has 0 aliphatic carbocycles. The maximum Gasteiger partial charge on any atom is 0.338 e. The van der Waals surface area contributed by atoms with Gasteiger partial charge in [-0.15, -0.1) is 6.58 Å². The third kappa shape index (κ3) is 7.07. The predicted octanol–water partition coefficient (Wildman–Crippen LogP) is 4.16. The van der Waals surface area contributed by atoms with Gasteiger partial charge in [-0.25, -0.2) is 4.79 Å². The normalized spacial score (nSPS) is 22.1. The van der Waals surface area contributed by atoms with Crippen LogP contribution in [-0.2, 0) is 35.1 Å². The molecule has 0 amide bonds. The number of carbonyl (C=O) groups excluding carboxylic acids is 1. The molecule has 156 valence electrons. The van der Waals surface area contributed by atoms with Crippen molar-refractivity contribution in [3.8, 4) is 0 Å². The zero-order valence-electron chi connectivity index (χ0n) is 16.5. The minimum atomic E-state index is -2.43. The van der Waals surface area contributed by atoms with E-state index in [-0.39, 0.29) is 24.6 Å². The highest BCUT2D eigenvalue weighted by Gasteiger charge is 2.40. The Kier molecular flexibility index (Phi) is 9.79. The lowest BCUT2D eigenvalue weighted by molar-refractivity contribution is -0.135.